The van der Waals surface area contributed by atoms with Crippen LogP contribution in [0.2, 0.25) is 0 Å². The number of hydrogen-bond acceptors (Lipinski definition) is 7. The van der Waals surface area contributed by atoms with Gasteiger partial charge in [0.15, 0.2) is 11.4 Å². The maximum absolute atomic E-state index is 14.9. The Kier molecular flexibility index (Phi) is 5.53. The second-order valence-electron chi connectivity index (χ2n) is 9.88. The SMILES string of the molecule is COc1cn2ncc(-c3nc(NC4CCN(C(=O)OC(C)(C)C)C4)ccc3F)c2nc1C1CC1. The van der Waals surface area contributed by atoms with Gasteiger partial charge in [-0.2, -0.15) is 5.10 Å². The number of anilines is 1. The highest BCUT2D eigenvalue weighted by Gasteiger charge is 2.31. The van der Waals surface area contributed by atoms with Crippen molar-refractivity contribution in [2.45, 2.75) is 57.6 Å². The van der Waals surface area contributed by atoms with Crippen LogP contribution >= 0.6 is 0 Å². The van der Waals surface area contributed by atoms with Crippen molar-refractivity contribution < 1.29 is 18.7 Å². The summed E-state index contributed by atoms with van der Waals surface area (Å²) in [5.74, 6) is 1.13. The van der Waals surface area contributed by atoms with E-state index >= 15 is 0 Å². The van der Waals surface area contributed by atoms with Gasteiger partial charge in [0.1, 0.15) is 22.9 Å². The van der Waals surface area contributed by atoms with Crippen molar-refractivity contribution in [3.63, 3.8) is 0 Å². The average molecular weight is 469 g/mol. The number of rotatable bonds is 5. The normalized spacial score (nSPS) is 18.4. The topological polar surface area (TPSA) is 93.9 Å². The summed E-state index contributed by atoms with van der Waals surface area (Å²) in [6, 6.07) is 2.98. The molecule has 2 aliphatic rings. The first kappa shape index (κ1) is 22.4. The van der Waals surface area contributed by atoms with Crippen LogP contribution in [-0.2, 0) is 4.74 Å². The summed E-state index contributed by atoms with van der Waals surface area (Å²) in [4.78, 5) is 23.3. The maximum Gasteiger partial charge on any atom is 0.410 e. The van der Waals surface area contributed by atoms with E-state index in [2.05, 4.69) is 15.4 Å². The number of likely N-dealkylation sites (tertiary alicyclic amines) is 1. The molecule has 5 rings (SSSR count). The van der Waals surface area contributed by atoms with Gasteiger partial charge in [-0.15, -0.1) is 0 Å². The molecule has 0 radical (unpaired) electrons. The molecule has 3 aromatic rings. The Morgan fingerprint density at radius 3 is 2.71 bits per heavy atom. The second-order valence-corrected chi connectivity index (χ2v) is 9.88. The van der Waals surface area contributed by atoms with Gasteiger partial charge in [-0.1, -0.05) is 0 Å². The predicted molar refractivity (Wildman–Crippen MR) is 125 cm³/mol. The Morgan fingerprint density at radius 2 is 2.00 bits per heavy atom. The lowest BCUT2D eigenvalue weighted by atomic mass is 10.2. The van der Waals surface area contributed by atoms with Crippen molar-refractivity contribution >= 4 is 17.6 Å². The quantitative estimate of drug-likeness (QED) is 0.599. The van der Waals surface area contributed by atoms with E-state index in [-0.39, 0.29) is 17.8 Å². The van der Waals surface area contributed by atoms with Crippen LogP contribution in [-0.4, -0.2) is 62.4 Å². The van der Waals surface area contributed by atoms with Crippen molar-refractivity contribution in [3.8, 4) is 17.0 Å². The van der Waals surface area contributed by atoms with Gasteiger partial charge < -0.3 is 19.7 Å². The molecular formula is C24H29FN6O3. The van der Waals surface area contributed by atoms with E-state index in [0.29, 0.717) is 41.8 Å². The van der Waals surface area contributed by atoms with Gasteiger partial charge in [0.25, 0.3) is 0 Å². The van der Waals surface area contributed by atoms with Gasteiger partial charge in [-0.3, -0.25) is 0 Å². The fraction of sp³-hybridized carbons (Fsp3) is 0.500. The Labute approximate surface area is 197 Å². The summed E-state index contributed by atoms with van der Waals surface area (Å²) in [6.45, 7) is 6.62. The van der Waals surface area contributed by atoms with Crippen molar-refractivity contribution in [2.75, 3.05) is 25.5 Å². The molecule has 9 nitrogen and oxygen atoms in total. The molecule has 1 amide bonds. The van der Waals surface area contributed by atoms with E-state index in [4.69, 9.17) is 14.5 Å². The van der Waals surface area contributed by atoms with E-state index < -0.39 is 11.4 Å². The molecule has 1 unspecified atom stereocenters. The van der Waals surface area contributed by atoms with Gasteiger partial charge in [0.05, 0.1) is 30.8 Å². The number of ether oxygens (including phenoxy) is 2. The smallest absolute Gasteiger partial charge is 0.410 e. The van der Waals surface area contributed by atoms with Crippen LogP contribution < -0.4 is 10.1 Å². The van der Waals surface area contributed by atoms with Crippen LogP contribution in [0.3, 0.4) is 0 Å². The summed E-state index contributed by atoms with van der Waals surface area (Å²) in [6.07, 6.45) is 5.91. The molecule has 1 aliphatic carbocycles. The van der Waals surface area contributed by atoms with Gasteiger partial charge >= 0.3 is 6.09 Å². The third-order valence-electron chi connectivity index (χ3n) is 5.96. The number of fused-ring (bicyclic) bond motifs is 1. The van der Waals surface area contributed by atoms with Crippen LogP contribution in [0.1, 0.15) is 51.6 Å². The van der Waals surface area contributed by atoms with E-state index in [9.17, 15) is 9.18 Å². The number of amides is 1. The molecule has 0 bridgehead atoms. The summed E-state index contributed by atoms with van der Waals surface area (Å²) in [5, 5.41) is 7.68. The number of methoxy groups -OCH3 is 1. The Hall–Kier alpha value is -3.43. The molecule has 3 aromatic heterocycles. The number of nitrogens with zero attached hydrogens (tertiary/aromatic N) is 5. The number of halogens is 1. The number of pyridine rings is 1. The van der Waals surface area contributed by atoms with Gasteiger partial charge in [-0.05, 0) is 52.2 Å². The van der Waals surface area contributed by atoms with Crippen molar-refractivity contribution in [3.05, 3.63) is 36.0 Å². The van der Waals surface area contributed by atoms with Crippen molar-refractivity contribution in [2.24, 2.45) is 0 Å². The summed E-state index contributed by atoms with van der Waals surface area (Å²) >= 11 is 0. The zero-order chi connectivity index (χ0) is 24.0. The molecule has 1 saturated carbocycles. The van der Waals surface area contributed by atoms with Crippen LogP contribution in [0.25, 0.3) is 16.9 Å². The molecule has 1 N–H and O–H groups in total. The maximum atomic E-state index is 14.9. The molecule has 1 saturated heterocycles. The van der Waals surface area contributed by atoms with Gasteiger partial charge in [0.2, 0.25) is 0 Å². The third kappa shape index (κ3) is 4.49. The predicted octanol–water partition coefficient (Wildman–Crippen LogP) is 4.24. The fourth-order valence-electron chi connectivity index (χ4n) is 4.17. The molecular weight excluding hydrogens is 439 g/mol. The lowest BCUT2D eigenvalue weighted by molar-refractivity contribution is 0.0293. The van der Waals surface area contributed by atoms with Gasteiger partial charge in [-0.25, -0.2) is 23.7 Å². The van der Waals surface area contributed by atoms with Gasteiger partial charge in [0, 0.05) is 25.0 Å². The summed E-state index contributed by atoms with van der Waals surface area (Å²) in [5.41, 5.74) is 1.58. The van der Waals surface area contributed by atoms with E-state index in [1.807, 2.05) is 20.8 Å². The molecule has 1 aliphatic heterocycles. The minimum atomic E-state index is -0.540. The zero-order valence-corrected chi connectivity index (χ0v) is 19.8. The molecule has 34 heavy (non-hydrogen) atoms. The Balaban J connectivity index is 1.37. The highest BCUT2D eigenvalue weighted by Crippen LogP contribution is 2.43. The first-order valence-corrected chi connectivity index (χ1v) is 11.6. The number of nitrogens with one attached hydrogen (secondary N) is 1. The van der Waals surface area contributed by atoms with E-state index in [1.54, 1.807) is 35.0 Å². The summed E-state index contributed by atoms with van der Waals surface area (Å²) in [7, 11) is 1.61. The standard InChI is InChI=1S/C24H29FN6O3/c1-24(2,3)34-23(32)30-10-9-15(12-30)27-19-8-7-17(25)21(28-19)16-11-26-31-13-18(33-4)20(14-5-6-14)29-22(16)31/h7-8,11,13-15H,5-6,9-10,12H2,1-4H3,(H,27,28). The van der Waals surface area contributed by atoms with E-state index in [1.165, 1.54) is 6.07 Å². The highest BCUT2D eigenvalue weighted by molar-refractivity contribution is 5.76. The number of carbonyl (C=O) groups is 1. The number of carbonyl (C=O) groups excluding carboxylic acids is 1. The molecule has 10 heteroatoms. The Morgan fingerprint density at radius 1 is 1.21 bits per heavy atom. The van der Waals surface area contributed by atoms with Crippen molar-refractivity contribution in [1.29, 1.82) is 0 Å². The lowest BCUT2D eigenvalue weighted by Crippen LogP contribution is -2.36. The Bertz CT molecular complexity index is 1230. The molecule has 0 aromatic carbocycles. The number of aromatic nitrogens is 4. The molecule has 1 atom stereocenters. The van der Waals surface area contributed by atoms with Crippen LogP contribution in [0.4, 0.5) is 15.0 Å². The van der Waals surface area contributed by atoms with Crippen LogP contribution in [0.5, 0.6) is 5.75 Å². The minimum Gasteiger partial charge on any atom is -0.493 e. The van der Waals surface area contributed by atoms with Crippen molar-refractivity contribution in [1.82, 2.24) is 24.5 Å². The average Bonchev–Trinajstić information content (AvgIpc) is 3.38. The monoisotopic (exact) mass is 468 g/mol. The third-order valence-corrected chi connectivity index (χ3v) is 5.96. The molecule has 0 spiro atoms. The lowest BCUT2D eigenvalue weighted by Gasteiger charge is -2.24. The first-order valence-electron chi connectivity index (χ1n) is 11.6. The van der Waals surface area contributed by atoms with E-state index in [0.717, 1.165) is 25.0 Å². The second kappa shape index (κ2) is 8.41. The molecule has 2 fully saturated rings. The fourth-order valence-corrected chi connectivity index (χ4v) is 4.17. The molecule has 4 heterocycles. The largest absolute Gasteiger partial charge is 0.493 e. The summed E-state index contributed by atoms with van der Waals surface area (Å²) < 4.78 is 27.4. The zero-order valence-electron chi connectivity index (χ0n) is 19.8. The first-order chi connectivity index (χ1) is 16.2. The minimum absolute atomic E-state index is 0.00825. The van der Waals surface area contributed by atoms with Crippen LogP contribution in [0.15, 0.2) is 24.5 Å². The highest BCUT2D eigenvalue weighted by atomic mass is 19.1. The van der Waals surface area contributed by atoms with Crippen LogP contribution in [0, 0.1) is 5.82 Å². The number of hydrogen-bond donors (Lipinski definition) is 1. The molecule has 180 valence electrons.